The van der Waals surface area contributed by atoms with Crippen LogP contribution in [0.2, 0.25) is 10.0 Å². The summed E-state index contributed by atoms with van der Waals surface area (Å²) < 4.78 is 4.74. The molecule has 16 heteroatoms. The van der Waals surface area contributed by atoms with Crippen molar-refractivity contribution in [3.63, 3.8) is 0 Å². The van der Waals surface area contributed by atoms with Gasteiger partial charge in [0.15, 0.2) is 0 Å². The quantitative estimate of drug-likeness (QED) is 0.0614. The molecule has 0 saturated heterocycles. The predicted octanol–water partition coefficient (Wildman–Crippen LogP) is 9.74. The molecule has 0 aliphatic carbocycles. The molecular formula is C37H24Cl2N4O8S2. The van der Waals surface area contributed by atoms with Crippen LogP contribution in [0.5, 0.6) is 0 Å². The molecular weight excluding hydrogens is 763 g/mol. The molecule has 6 rings (SSSR count). The van der Waals surface area contributed by atoms with Crippen molar-refractivity contribution in [1.29, 1.82) is 0 Å². The van der Waals surface area contributed by atoms with Gasteiger partial charge in [0, 0.05) is 45.3 Å². The molecule has 0 amide bonds. The lowest BCUT2D eigenvalue weighted by Crippen LogP contribution is -2.12. The average Bonchev–Trinajstić information content (AvgIpc) is 3.66. The van der Waals surface area contributed by atoms with Crippen LogP contribution >= 0.6 is 46.8 Å². The van der Waals surface area contributed by atoms with E-state index in [0.29, 0.717) is 43.0 Å². The number of para-hydroxylation sites is 2. The molecule has 1 heterocycles. The molecule has 0 bridgehead atoms. The number of rotatable bonds is 9. The number of carbonyl (C=O) groups excluding carboxylic acids is 1. The van der Waals surface area contributed by atoms with Gasteiger partial charge in [0.25, 0.3) is 11.4 Å². The van der Waals surface area contributed by atoms with Gasteiger partial charge >= 0.3 is 11.9 Å². The van der Waals surface area contributed by atoms with E-state index >= 15 is 0 Å². The molecule has 0 radical (unpaired) electrons. The zero-order chi connectivity index (χ0) is 38.4. The number of carboxylic acid groups (broad SMARTS) is 1. The number of benzene rings is 5. The van der Waals surface area contributed by atoms with Gasteiger partial charge in [0.05, 0.1) is 54.9 Å². The van der Waals surface area contributed by atoms with Crippen molar-refractivity contribution in [2.24, 2.45) is 5.73 Å². The Morgan fingerprint density at radius 1 is 0.774 bits per heavy atom. The smallest absolute Gasteiger partial charge is 0.338 e. The Hall–Kier alpha value is -6.06. The second-order valence-corrected chi connectivity index (χ2v) is 13.0. The molecule has 0 saturated carbocycles. The van der Waals surface area contributed by atoms with Crippen molar-refractivity contribution in [1.82, 2.24) is 4.98 Å². The van der Waals surface area contributed by atoms with Crippen molar-refractivity contribution in [3.05, 3.63) is 155 Å². The van der Waals surface area contributed by atoms with Gasteiger partial charge in [-0.15, -0.1) is 11.3 Å². The summed E-state index contributed by atoms with van der Waals surface area (Å²) in [6.07, 6.45) is 0. The summed E-state index contributed by atoms with van der Waals surface area (Å²) in [5, 5.41) is 35.6. The first-order valence-corrected chi connectivity index (χ1v) is 17.1. The van der Waals surface area contributed by atoms with Gasteiger partial charge in [-0.1, -0.05) is 90.0 Å². The number of carbonyl (C=O) groups is 2. The van der Waals surface area contributed by atoms with Crippen molar-refractivity contribution < 1.29 is 29.3 Å². The number of ether oxygens (including phenoxy) is 1. The maximum atomic E-state index is 12.0. The number of nitrogens with zero attached hydrogens (tertiary/aromatic N) is 3. The van der Waals surface area contributed by atoms with Crippen LogP contribution in [0.1, 0.15) is 26.3 Å². The number of aromatic nitrogens is 1. The maximum Gasteiger partial charge on any atom is 0.338 e. The second-order valence-electron chi connectivity index (χ2n) is 10.9. The van der Waals surface area contributed by atoms with E-state index < -0.39 is 21.8 Å². The lowest BCUT2D eigenvalue weighted by Gasteiger charge is -2.10. The number of carboxylic acids is 1. The Morgan fingerprint density at radius 2 is 1.34 bits per heavy atom. The summed E-state index contributed by atoms with van der Waals surface area (Å²) in [5.74, 6) is -1.80. The Morgan fingerprint density at radius 3 is 1.89 bits per heavy atom. The highest BCUT2D eigenvalue weighted by Gasteiger charge is 2.23. The first-order valence-electron chi connectivity index (χ1n) is 15.1. The molecule has 266 valence electrons. The zero-order valence-corrected chi connectivity index (χ0v) is 30.3. The van der Waals surface area contributed by atoms with E-state index in [2.05, 4.69) is 4.98 Å². The molecule has 53 heavy (non-hydrogen) atoms. The van der Waals surface area contributed by atoms with Crippen molar-refractivity contribution in [3.8, 4) is 44.1 Å². The van der Waals surface area contributed by atoms with Crippen LogP contribution in [0.25, 0.3) is 44.1 Å². The minimum absolute atomic E-state index is 0.0434. The van der Waals surface area contributed by atoms with E-state index in [1.165, 1.54) is 54.8 Å². The summed E-state index contributed by atoms with van der Waals surface area (Å²) >= 11 is 18.3. The maximum absolute atomic E-state index is 12.0. The molecule has 12 nitrogen and oxygen atoms in total. The number of hydrogen-bond acceptors (Lipinski definition) is 10. The van der Waals surface area contributed by atoms with Gasteiger partial charge in [0.2, 0.25) is 0 Å². The molecule has 0 spiro atoms. The number of nitrogens with two attached hydrogens (primary N) is 1. The standard InChI is InChI=1S/C22H12Cl2N2O4S.C15H12N2O4S/c23-17-8-6-12(10-18(17)24)19-11-31-21(25-19)13-5-7-14(16(9-13)22(27)28)15-3-1-2-4-20(15)26(29)30;1-21-15(18)12-8-9(14(16)22)6-7-10(12)11-4-2-3-5-13(11)17(19)20/h1-11H,(H,27,28);2-8H,1H3,(H2,16,22). The molecule has 3 N–H and O–H groups in total. The van der Waals surface area contributed by atoms with Gasteiger partial charge in [0.1, 0.15) is 10.00 Å². The molecule has 0 unspecified atom stereocenters. The molecule has 0 aliphatic heterocycles. The highest BCUT2D eigenvalue weighted by Crippen LogP contribution is 2.37. The third-order valence-corrected chi connectivity index (χ3v) is 9.57. The number of nitro groups is 2. The Bertz CT molecular complexity index is 2440. The minimum Gasteiger partial charge on any atom is -0.478 e. The van der Waals surface area contributed by atoms with Crippen LogP contribution in [-0.2, 0) is 4.74 Å². The number of aromatic carboxylic acids is 1. The fourth-order valence-corrected chi connectivity index (χ4v) is 6.47. The van der Waals surface area contributed by atoms with Gasteiger partial charge < -0.3 is 15.6 Å². The lowest BCUT2D eigenvalue weighted by atomic mass is 9.96. The molecule has 1 aromatic heterocycles. The Kier molecular flexibility index (Phi) is 11.9. The summed E-state index contributed by atoms with van der Waals surface area (Å²) in [7, 11) is 1.24. The largest absolute Gasteiger partial charge is 0.478 e. The molecule has 0 atom stereocenters. The monoisotopic (exact) mass is 786 g/mol. The van der Waals surface area contributed by atoms with Crippen molar-refractivity contribution >= 4 is 75.1 Å². The molecule has 0 fully saturated rings. The minimum atomic E-state index is -1.18. The predicted molar refractivity (Wildman–Crippen MR) is 208 cm³/mol. The van der Waals surface area contributed by atoms with Gasteiger partial charge in [-0.05, 0) is 36.4 Å². The molecule has 0 aliphatic rings. The number of nitro benzene ring substituents is 2. The average molecular weight is 788 g/mol. The first kappa shape index (κ1) is 38.2. The highest BCUT2D eigenvalue weighted by atomic mass is 35.5. The summed E-state index contributed by atoms with van der Waals surface area (Å²) in [6.45, 7) is 0. The molecule has 6 aromatic rings. The zero-order valence-electron chi connectivity index (χ0n) is 27.2. The third kappa shape index (κ3) is 8.54. The van der Waals surface area contributed by atoms with E-state index in [0.717, 1.165) is 5.56 Å². The Labute approximate surface area is 320 Å². The molecule has 5 aromatic carbocycles. The number of thiocarbonyl (C=S) groups is 1. The van der Waals surface area contributed by atoms with Crippen LogP contribution in [-0.4, -0.2) is 44.0 Å². The van der Waals surface area contributed by atoms with Gasteiger partial charge in [-0.2, -0.15) is 0 Å². The fourth-order valence-electron chi connectivity index (χ4n) is 5.22. The lowest BCUT2D eigenvalue weighted by molar-refractivity contribution is -0.384. The number of methoxy groups -OCH3 is 1. The van der Waals surface area contributed by atoms with Crippen LogP contribution in [0.15, 0.2) is 109 Å². The van der Waals surface area contributed by atoms with Gasteiger partial charge in [-0.25, -0.2) is 14.6 Å². The number of esters is 1. The van der Waals surface area contributed by atoms with Gasteiger partial charge in [-0.3, -0.25) is 20.2 Å². The number of thiazole rings is 1. The Balaban J connectivity index is 0.000000217. The highest BCUT2D eigenvalue weighted by molar-refractivity contribution is 7.80. The third-order valence-electron chi connectivity index (χ3n) is 7.71. The van der Waals surface area contributed by atoms with Crippen molar-refractivity contribution in [2.75, 3.05) is 7.11 Å². The SMILES string of the molecule is COC(=O)c1cc(C(N)=S)ccc1-c1ccccc1[N+](=O)[O-].O=C(O)c1cc(-c2nc(-c3ccc(Cl)c(Cl)c3)cs2)ccc1-c1ccccc1[N+](=O)[O-]. The fraction of sp³-hybridized carbons (Fsp3) is 0.0270. The summed E-state index contributed by atoms with van der Waals surface area (Å²) in [5.41, 5.74) is 9.19. The van der Waals surface area contributed by atoms with Crippen LogP contribution in [0.3, 0.4) is 0 Å². The topological polar surface area (TPSA) is 189 Å². The van der Waals surface area contributed by atoms with Crippen LogP contribution < -0.4 is 5.73 Å². The van der Waals surface area contributed by atoms with E-state index in [9.17, 15) is 34.9 Å². The van der Waals surface area contributed by atoms with E-state index in [1.54, 1.807) is 66.7 Å². The first-order chi connectivity index (χ1) is 25.3. The van der Waals surface area contributed by atoms with Crippen LogP contribution in [0.4, 0.5) is 11.4 Å². The number of hydrogen-bond donors (Lipinski definition) is 2. The second kappa shape index (κ2) is 16.5. The van der Waals surface area contributed by atoms with E-state index in [-0.39, 0.29) is 38.6 Å². The van der Waals surface area contributed by atoms with Crippen molar-refractivity contribution in [2.45, 2.75) is 0 Å². The normalized spacial score (nSPS) is 10.5. The van der Waals surface area contributed by atoms with Crippen LogP contribution in [0, 0.1) is 20.2 Å². The summed E-state index contributed by atoms with van der Waals surface area (Å²) in [6, 6.07) is 26.8. The van der Waals surface area contributed by atoms with E-state index in [4.69, 9.17) is 45.9 Å². The van der Waals surface area contributed by atoms with E-state index in [1.807, 2.05) is 5.38 Å². The number of halogens is 2. The summed E-state index contributed by atoms with van der Waals surface area (Å²) in [4.78, 5) is 50.2.